The van der Waals surface area contributed by atoms with Crippen LogP contribution in [0, 0.1) is 0 Å². The van der Waals surface area contributed by atoms with Gasteiger partial charge in [-0.1, -0.05) is 18.2 Å². The molecule has 0 aliphatic heterocycles. The number of thiophene rings is 1. The number of hydrogen-bond acceptors (Lipinski definition) is 4. The van der Waals surface area contributed by atoms with Crippen molar-refractivity contribution in [1.29, 1.82) is 0 Å². The van der Waals surface area contributed by atoms with Gasteiger partial charge in [0.1, 0.15) is 12.1 Å². The fraction of sp³-hybridized carbons (Fsp3) is 0.167. The normalized spacial score (nSPS) is 11.1. The minimum Gasteiger partial charge on any atom is -0.369 e. The number of fused-ring (bicyclic) bond motifs is 3. The van der Waals surface area contributed by atoms with Crippen molar-refractivity contribution in [3.05, 3.63) is 30.6 Å². The van der Waals surface area contributed by atoms with Crippen LogP contribution in [0.1, 0.15) is 6.92 Å². The van der Waals surface area contributed by atoms with Gasteiger partial charge in [-0.15, -0.1) is 11.3 Å². The molecule has 0 aliphatic carbocycles. The van der Waals surface area contributed by atoms with Gasteiger partial charge in [0.2, 0.25) is 0 Å². The van der Waals surface area contributed by atoms with E-state index in [0.717, 1.165) is 22.6 Å². The maximum absolute atomic E-state index is 4.37. The second-order valence-electron chi connectivity index (χ2n) is 3.53. The van der Waals surface area contributed by atoms with Gasteiger partial charge >= 0.3 is 0 Å². The van der Waals surface area contributed by atoms with E-state index in [2.05, 4.69) is 40.4 Å². The fourth-order valence-corrected chi connectivity index (χ4v) is 2.94. The summed E-state index contributed by atoms with van der Waals surface area (Å²) in [6.07, 6.45) is 1.62. The number of hydrogen-bond donors (Lipinski definition) is 1. The summed E-state index contributed by atoms with van der Waals surface area (Å²) in [4.78, 5) is 8.65. The Labute approximate surface area is 97.2 Å². The Hall–Kier alpha value is -1.68. The van der Waals surface area contributed by atoms with Crippen molar-refractivity contribution in [3.63, 3.8) is 0 Å². The lowest BCUT2D eigenvalue weighted by Gasteiger charge is -2.01. The first kappa shape index (κ1) is 9.54. The SMILES string of the molecule is CCNc1ncnc2c1sc1ccccc12. The van der Waals surface area contributed by atoms with Gasteiger partial charge in [0, 0.05) is 16.6 Å². The molecule has 3 aromatic rings. The topological polar surface area (TPSA) is 37.8 Å². The first-order valence-electron chi connectivity index (χ1n) is 5.26. The van der Waals surface area contributed by atoms with Gasteiger partial charge in [0.15, 0.2) is 0 Å². The summed E-state index contributed by atoms with van der Waals surface area (Å²) in [6, 6.07) is 8.33. The molecule has 0 fully saturated rings. The van der Waals surface area contributed by atoms with E-state index < -0.39 is 0 Å². The monoisotopic (exact) mass is 229 g/mol. The zero-order valence-electron chi connectivity index (χ0n) is 8.90. The molecule has 0 unspecified atom stereocenters. The molecule has 2 aromatic heterocycles. The molecular formula is C12H11N3S. The highest BCUT2D eigenvalue weighted by Crippen LogP contribution is 2.35. The van der Waals surface area contributed by atoms with Crippen LogP contribution in [-0.4, -0.2) is 16.5 Å². The number of benzene rings is 1. The molecule has 2 heterocycles. The summed E-state index contributed by atoms with van der Waals surface area (Å²) >= 11 is 1.74. The van der Waals surface area contributed by atoms with Crippen molar-refractivity contribution in [2.75, 3.05) is 11.9 Å². The van der Waals surface area contributed by atoms with Crippen molar-refractivity contribution in [1.82, 2.24) is 9.97 Å². The average Bonchev–Trinajstić information content (AvgIpc) is 2.69. The van der Waals surface area contributed by atoms with E-state index in [-0.39, 0.29) is 0 Å². The first-order chi connectivity index (χ1) is 7.90. The largest absolute Gasteiger partial charge is 0.369 e. The highest BCUT2D eigenvalue weighted by molar-refractivity contribution is 7.26. The van der Waals surface area contributed by atoms with Crippen LogP contribution in [0.5, 0.6) is 0 Å². The van der Waals surface area contributed by atoms with E-state index in [1.165, 1.54) is 10.1 Å². The average molecular weight is 229 g/mol. The van der Waals surface area contributed by atoms with Crippen LogP contribution in [0.4, 0.5) is 5.82 Å². The van der Waals surface area contributed by atoms with Crippen molar-refractivity contribution >= 4 is 37.5 Å². The highest BCUT2D eigenvalue weighted by atomic mass is 32.1. The van der Waals surface area contributed by atoms with Crippen LogP contribution in [0.3, 0.4) is 0 Å². The van der Waals surface area contributed by atoms with Crippen LogP contribution in [0.15, 0.2) is 30.6 Å². The van der Waals surface area contributed by atoms with E-state index in [1.54, 1.807) is 17.7 Å². The molecule has 1 aromatic carbocycles. The summed E-state index contributed by atoms with van der Waals surface area (Å²) in [6.45, 7) is 2.95. The molecule has 0 spiro atoms. The zero-order chi connectivity index (χ0) is 11.0. The predicted molar refractivity (Wildman–Crippen MR) is 69.1 cm³/mol. The number of nitrogens with zero attached hydrogens (tertiary/aromatic N) is 2. The molecule has 1 N–H and O–H groups in total. The molecule has 0 amide bonds. The minimum absolute atomic E-state index is 0.875. The number of rotatable bonds is 2. The fourth-order valence-electron chi connectivity index (χ4n) is 1.82. The number of anilines is 1. The van der Waals surface area contributed by atoms with E-state index in [1.807, 2.05) is 6.07 Å². The van der Waals surface area contributed by atoms with E-state index in [0.29, 0.717) is 0 Å². The molecule has 0 saturated carbocycles. The van der Waals surface area contributed by atoms with Crippen molar-refractivity contribution < 1.29 is 0 Å². The Morgan fingerprint density at radius 3 is 3.00 bits per heavy atom. The van der Waals surface area contributed by atoms with Crippen molar-refractivity contribution in [3.8, 4) is 0 Å². The van der Waals surface area contributed by atoms with Crippen LogP contribution >= 0.6 is 11.3 Å². The van der Waals surface area contributed by atoms with E-state index >= 15 is 0 Å². The molecule has 0 radical (unpaired) electrons. The lowest BCUT2D eigenvalue weighted by Crippen LogP contribution is -1.99. The smallest absolute Gasteiger partial charge is 0.147 e. The van der Waals surface area contributed by atoms with Gasteiger partial charge in [0.25, 0.3) is 0 Å². The minimum atomic E-state index is 0.875. The van der Waals surface area contributed by atoms with E-state index in [9.17, 15) is 0 Å². The maximum Gasteiger partial charge on any atom is 0.147 e. The molecule has 3 nitrogen and oxygen atoms in total. The second kappa shape index (κ2) is 3.72. The van der Waals surface area contributed by atoms with Gasteiger partial charge in [0.05, 0.1) is 10.2 Å². The van der Waals surface area contributed by atoms with Gasteiger partial charge in [-0.2, -0.15) is 0 Å². The van der Waals surface area contributed by atoms with Crippen LogP contribution in [0.2, 0.25) is 0 Å². The lowest BCUT2D eigenvalue weighted by atomic mass is 10.2. The molecule has 0 atom stereocenters. The third kappa shape index (κ3) is 1.34. The first-order valence-corrected chi connectivity index (χ1v) is 6.08. The molecule has 0 saturated heterocycles. The second-order valence-corrected chi connectivity index (χ2v) is 4.58. The summed E-state index contributed by atoms with van der Waals surface area (Å²) in [5.74, 6) is 0.939. The maximum atomic E-state index is 4.37. The summed E-state index contributed by atoms with van der Waals surface area (Å²) in [7, 11) is 0. The zero-order valence-corrected chi connectivity index (χ0v) is 9.71. The Balaban J connectivity index is 2.39. The molecular weight excluding hydrogens is 218 g/mol. The van der Waals surface area contributed by atoms with Gasteiger partial charge in [-0.05, 0) is 13.0 Å². The Bertz CT molecular complexity index is 645. The molecule has 3 rings (SSSR count). The lowest BCUT2D eigenvalue weighted by molar-refractivity contribution is 1.15. The Morgan fingerprint density at radius 2 is 2.12 bits per heavy atom. The molecule has 0 aliphatic rings. The third-order valence-corrected chi connectivity index (χ3v) is 3.67. The quantitative estimate of drug-likeness (QED) is 0.732. The predicted octanol–water partition coefficient (Wildman–Crippen LogP) is 3.28. The molecule has 0 bridgehead atoms. The van der Waals surface area contributed by atoms with Crippen LogP contribution in [0.25, 0.3) is 20.3 Å². The number of nitrogens with one attached hydrogen (secondary N) is 1. The number of aromatic nitrogens is 2. The highest BCUT2D eigenvalue weighted by Gasteiger charge is 2.09. The van der Waals surface area contributed by atoms with E-state index in [4.69, 9.17) is 0 Å². The van der Waals surface area contributed by atoms with Gasteiger partial charge in [-0.25, -0.2) is 9.97 Å². The van der Waals surface area contributed by atoms with Crippen LogP contribution in [-0.2, 0) is 0 Å². The Kier molecular flexibility index (Phi) is 2.22. The van der Waals surface area contributed by atoms with Gasteiger partial charge in [-0.3, -0.25) is 0 Å². The summed E-state index contributed by atoms with van der Waals surface area (Å²) < 4.78 is 2.41. The molecule has 4 heteroatoms. The van der Waals surface area contributed by atoms with Crippen molar-refractivity contribution in [2.24, 2.45) is 0 Å². The molecule has 80 valence electrons. The summed E-state index contributed by atoms with van der Waals surface area (Å²) in [5.41, 5.74) is 1.05. The Morgan fingerprint density at radius 1 is 1.25 bits per heavy atom. The van der Waals surface area contributed by atoms with Crippen LogP contribution < -0.4 is 5.32 Å². The van der Waals surface area contributed by atoms with Gasteiger partial charge < -0.3 is 5.32 Å². The summed E-state index contributed by atoms with van der Waals surface area (Å²) in [5, 5.41) is 4.48. The van der Waals surface area contributed by atoms with Crippen molar-refractivity contribution in [2.45, 2.75) is 6.92 Å². The molecule has 16 heavy (non-hydrogen) atoms. The standard InChI is InChI=1S/C12H11N3S/c1-2-13-12-11-10(14-7-15-12)8-5-3-4-6-9(8)16-11/h3-7H,2H2,1H3,(H,13,14,15). The third-order valence-electron chi connectivity index (χ3n) is 2.50.